The van der Waals surface area contributed by atoms with Crippen LogP contribution in [0.5, 0.6) is 0 Å². The molecule has 0 spiro atoms. The molecule has 4 rings (SSSR count). The van der Waals surface area contributed by atoms with Crippen LogP contribution in [-0.4, -0.2) is 18.5 Å². The Labute approximate surface area is 224 Å². The molecular formula is C34H43N3. The third-order valence-electron chi connectivity index (χ3n) is 8.57. The van der Waals surface area contributed by atoms with Crippen molar-refractivity contribution < 1.29 is 0 Å². The van der Waals surface area contributed by atoms with Crippen LogP contribution in [0.15, 0.2) is 54.7 Å². The van der Waals surface area contributed by atoms with Crippen molar-refractivity contribution in [3.05, 3.63) is 77.0 Å². The third kappa shape index (κ3) is 7.01. The number of allylic oxidation sites excluding steroid dienone is 1. The molecule has 0 saturated heterocycles. The molecule has 2 aliphatic carbocycles. The Morgan fingerprint density at radius 1 is 1.03 bits per heavy atom. The van der Waals surface area contributed by atoms with E-state index in [2.05, 4.69) is 73.6 Å². The molecule has 0 amide bonds. The second kappa shape index (κ2) is 12.9. The van der Waals surface area contributed by atoms with Crippen LogP contribution in [0.4, 0.5) is 5.69 Å². The Morgan fingerprint density at radius 2 is 1.78 bits per heavy atom. The summed E-state index contributed by atoms with van der Waals surface area (Å²) in [5.41, 5.74) is 7.79. The molecule has 3 nitrogen and oxygen atoms in total. The van der Waals surface area contributed by atoms with Gasteiger partial charge in [0, 0.05) is 23.5 Å². The van der Waals surface area contributed by atoms with Gasteiger partial charge in [0.25, 0.3) is 0 Å². The maximum Gasteiger partial charge on any atom is 0.122 e. The molecule has 2 aliphatic rings. The van der Waals surface area contributed by atoms with Crippen molar-refractivity contribution in [2.45, 2.75) is 84.0 Å². The number of nitrogens with one attached hydrogen (secondary N) is 2. The SMILES string of the molecule is C=C(C1CCCCC1)N(CC1CCC(c2ccc(CC)c(C)c2)CC1)c1cccc(C#CC(=N)C=N)c1. The second-order valence-electron chi connectivity index (χ2n) is 11.1. The maximum absolute atomic E-state index is 7.67. The summed E-state index contributed by atoms with van der Waals surface area (Å²) in [6.45, 7) is 10.2. The lowest BCUT2D eigenvalue weighted by Crippen LogP contribution is -2.33. The summed E-state index contributed by atoms with van der Waals surface area (Å²) in [5.74, 6) is 7.74. The first-order valence-corrected chi connectivity index (χ1v) is 14.2. The average molecular weight is 494 g/mol. The minimum absolute atomic E-state index is 0.0326. The largest absolute Gasteiger partial charge is 0.345 e. The molecule has 2 aromatic carbocycles. The summed E-state index contributed by atoms with van der Waals surface area (Å²) in [7, 11) is 0. The predicted octanol–water partition coefficient (Wildman–Crippen LogP) is 8.45. The van der Waals surface area contributed by atoms with E-state index in [-0.39, 0.29) is 5.71 Å². The Hall–Kier alpha value is -3.12. The number of aryl methyl sites for hydroxylation is 2. The van der Waals surface area contributed by atoms with Gasteiger partial charge in [0.2, 0.25) is 0 Å². The van der Waals surface area contributed by atoms with Gasteiger partial charge in [-0.2, -0.15) is 0 Å². The van der Waals surface area contributed by atoms with Crippen molar-refractivity contribution in [3.8, 4) is 11.8 Å². The van der Waals surface area contributed by atoms with Crippen molar-refractivity contribution in [2.75, 3.05) is 11.4 Å². The molecule has 0 radical (unpaired) electrons. The first-order chi connectivity index (χ1) is 18.0. The Bertz CT molecular complexity index is 1170. The zero-order chi connectivity index (χ0) is 26.2. The standard InChI is InChI=1S/C34H43N3/c1-4-29-18-19-32(21-25(29)2)31-16-13-28(14-17-31)24-37(26(3)30-10-6-5-7-11-30)34-12-8-9-27(22-34)15-20-33(36)23-35/h8-9,12,18-19,21-23,28,30-31,35-36H,3-7,10-11,13-14,16-17,24H2,1-2H3. The van der Waals surface area contributed by atoms with Crippen LogP contribution in [0.2, 0.25) is 0 Å². The molecular weight excluding hydrogens is 450 g/mol. The molecule has 37 heavy (non-hydrogen) atoms. The highest BCUT2D eigenvalue weighted by molar-refractivity contribution is 6.36. The normalized spacial score (nSPS) is 19.9. The van der Waals surface area contributed by atoms with Crippen LogP contribution < -0.4 is 4.90 Å². The highest BCUT2D eigenvalue weighted by Crippen LogP contribution is 2.39. The van der Waals surface area contributed by atoms with Crippen LogP contribution in [0.1, 0.15) is 92.9 Å². The average Bonchev–Trinajstić information content (AvgIpc) is 2.95. The molecule has 0 bridgehead atoms. The lowest BCUT2D eigenvalue weighted by molar-refractivity contribution is 0.323. The van der Waals surface area contributed by atoms with E-state index in [1.807, 2.05) is 6.07 Å². The summed E-state index contributed by atoms with van der Waals surface area (Å²) >= 11 is 0. The summed E-state index contributed by atoms with van der Waals surface area (Å²) < 4.78 is 0. The number of rotatable bonds is 8. The van der Waals surface area contributed by atoms with Gasteiger partial charge in [-0.05, 0) is 110 Å². The monoisotopic (exact) mass is 493 g/mol. The van der Waals surface area contributed by atoms with Gasteiger partial charge in [-0.15, -0.1) is 0 Å². The first-order valence-electron chi connectivity index (χ1n) is 14.2. The quantitative estimate of drug-likeness (QED) is 0.281. The Morgan fingerprint density at radius 3 is 2.46 bits per heavy atom. The summed E-state index contributed by atoms with van der Waals surface area (Å²) in [6.07, 6.45) is 13.6. The molecule has 0 atom stereocenters. The Kier molecular flexibility index (Phi) is 9.40. The Balaban J connectivity index is 1.49. The molecule has 194 valence electrons. The number of hydrogen-bond donors (Lipinski definition) is 2. The van der Waals surface area contributed by atoms with Crippen molar-refractivity contribution in [3.63, 3.8) is 0 Å². The summed E-state index contributed by atoms with van der Waals surface area (Å²) in [4.78, 5) is 2.49. The van der Waals surface area contributed by atoms with Crippen molar-refractivity contribution in [1.29, 1.82) is 10.8 Å². The smallest absolute Gasteiger partial charge is 0.122 e. The molecule has 0 unspecified atom stereocenters. The van der Waals surface area contributed by atoms with Crippen molar-refractivity contribution >= 4 is 17.6 Å². The van der Waals surface area contributed by atoms with E-state index in [0.717, 1.165) is 30.4 Å². The van der Waals surface area contributed by atoms with Crippen LogP contribution in [0, 0.1) is 41.4 Å². The summed E-state index contributed by atoms with van der Waals surface area (Å²) in [6, 6.07) is 15.5. The minimum Gasteiger partial charge on any atom is -0.345 e. The number of hydrogen-bond acceptors (Lipinski definition) is 3. The highest BCUT2D eigenvalue weighted by Gasteiger charge is 2.28. The zero-order valence-corrected chi connectivity index (χ0v) is 22.8. The van der Waals surface area contributed by atoms with Crippen molar-refractivity contribution in [2.24, 2.45) is 11.8 Å². The lowest BCUT2D eigenvalue weighted by Gasteiger charge is -2.38. The van der Waals surface area contributed by atoms with Crippen LogP contribution in [-0.2, 0) is 6.42 Å². The molecule has 0 aliphatic heterocycles. The number of benzene rings is 2. The van der Waals surface area contributed by atoms with Gasteiger partial charge in [-0.25, -0.2) is 0 Å². The van der Waals surface area contributed by atoms with Gasteiger partial charge in [0.1, 0.15) is 5.71 Å². The molecule has 2 N–H and O–H groups in total. The molecule has 3 heteroatoms. The van der Waals surface area contributed by atoms with Gasteiger partial charge in [-0.3, -0.25) is 5.41 Å². The van der Waals surface area contributed by atoms with E-state index in [0.29, 0.717) is 17.8 Å². The fourth-order valence-electron chi connectivity index (χ4n) is 6.28. The zero-order valence-electron chi connectivity index (χ0n) is 22.8. The molecule has 0 heterocycles. The topological polar surface area (TPSA) is 50.9 Å². The molecule has 2 fully saturated rings. The highest BCUT2D eigenvalue weighted by atomic mass is 15.1. The van der Waals surface area contributed by atoms with E-state index >= 15 is 0 Å². The van der Waals surface area contributed by atoms with Gasteiger partial charge in [0.05, 0.1) is 6.21 Å². The van der Waals surface area contributed by atoms with Gasteiger partial charge in [-0.1, -0.05) is 63.0 Å². The second-order valence-corrected chi connectivity index (χ2v) is 11.1. The number of nitrogens with zero attached hydrogens (tertiary/aromatic N) is 1. The maximum atomic E-state index is 7.67. The first kappa shape index (κ1) is 26.9. The third-order valence-corrected chi connectivity index (χ3v) is 8.57. The molecule has 2 saturated carbocycles. The van der Waals surface area contributed by atoms with Crippen LogP contribution in [0.25, 0.3) is 0 Å². The van der Waals surface area contributed by atoms with Crippen LogP contribution >= 0.6 is 0 Å². The van der Waals surface area contributed by atoms with Gasteiger partial charge in [0.15, 0.2) is 0 Å². The summed E-state index contributed by atoms with van der Waals surface area (Å²) in [5, 5.41) is 14.9. The lowest BCUT2D eigenvalue weighted by atomic mass is 9.77. The van der Waals surface area contributed by atoms with Crippen molar-refractivity contribution in [1.82, 2.24) is 0 Å². The van der Waals surface area contributed by atoms with Gasteiger partial charge < -0.3 is 10.3 Å². The number of anilines is 1. The van der Waals surface area contributed by atoms with E-state index in [9.17, 15) is 0 Å². The minimum atomic E-state index is 0.0326. The van der Waals surface area contributed by atoms with Gasteiger partial charge >= 0.3 is 0 Å². The van der Waals surface area contributed by atoms with E-state index < -0.39 is 0 Å². The van der Waals surface area contributed by atoms with E-state index in [1.54, 1.807) is 0 Å². The fraction of sp³-hybridized carbons (Fsp3) is 0.471. The van der Waals surface area contributed by atoms with E-state index in [4.69, 9.17) is 10.8 Å². The fourth-order valence-corrected chi connectivity index (χ4v) is 6.28. The predicted molar refractivity (Wildman–Crippen MR) is 158 cm³/mol. The van der Waals surface area contributed by atoms with E-state index in [1.165, 1.54) is 80.2 Å². The molecule has 0 aromatic heterocycles. The van der Waals surface area contributed by atoms with Crippen LogP contribution in [0.3, 0.4) is 0 Å². The molecule has 2 aromatic rings.